The average Bonchev–Trinajstić information content (AvgIpc) is 3.01. The number of nitriles is 1. The van der Waals surface area contributed by atoms with Crippen LogP contribution in [0.5, 0.6) is 0 Å². The molecule has 1 aromatic heterocycles. The quantitative estimate of drug-likeness (QED) is 0.349. The fraction of sp³-hybridized carbons (Fsp3) is 0.543. The van der Waals surface area contributed by atoms with Gasteiger partial charge in [0.15, 0.2) is 0 Å². The maximum Gasteiger partial charge on any atom is 0.417 e. The number of piperazine rings is 1. The van der Waals surface area contributed by atoms with E-state index in [1.54, 1.807) is 17.0 Å². The molecular weight excluding hydrogens is 656 g/mol. The molecule has 4 heterocycles. The number of rotatable bonds is 6. The molecule has 1 spiro atoms. The lowest BCUT2D eigenvalue weighted by molar-refractivity contribution is -0.137. The lowest BCUT2D eigenvalue weighted by Crippen LogP contribution is -2.78. The maximum atomic E-state index is 15.6. The number of para-hydroxylation sites is 1. The predicted octanol–water partition coefficient (Wildman–Crippen LogP) is 4.31. The molecular formula is C35H42F4N8O3. The maximum absolute atomic E-state index is 15.6. The molecule has 1 N–H and O–H groups in total. The second-order valence-electron chi connectivity index (χ2n) is 14.1. The van der Waals surface area contributed by atoms with Crippen molar-refractivity contribution in [2.75, 3.05) is 81.1 Å². The Balaban J connectivity index is 1.36. The van der Waals surface area contributed by atoms with Crippen LogP contribution in [0.15, 0.2) is 24.3 Å². The summed E-state index contributed by atoms with van der Waals surface area (Å²) < 4.78 is 62.6. The summed E-state index contributed by atoms with van der Waals surface area (Å²) in [5.41, 5.74) is -2.26. The van der Waals surface area contributed by atoms with E-state index in [-0.39, 0.29) is 41.8 Å². The number of anilines is 3. The molecule has 0 bridgehead atoms. The van der Waals surface area contributed by atoms with Crippen molar-refractivity contribution in [1.82, 2.24) is 19.7 Å². The fourth-order valence-corrected chi connectivity index (χ4v) is 6.92. The van der Waals surface area contributed by atoms with E-state index in [1.807, 2.05) is 25.7 Å². The van der Waals surface area contributed by atoms with Crippen molar-refractivity contribution in [1.29, 1.82) is 5.26 Å². The summed E-state index contributed by atoms with van der Waals surface area (Å²) in [6, 6.07) is 5.76. The van der Waals surface area contributed by atoms with Gasteiger partial charge in [0.2, 0.25) is 5.91 Å². The van der Waals surface area contributed by atoms with Crippen LogP contribution in [0.4, 0.5) is 39.5 Å². The van der Waals surface area contributed by atoms with E-state index in [0.29, 0.717) is 58.0 Å². The first-order chi connectivity index (χ1) is 23.5. The standard InChI is InChI=1S/C35H42F4N8O3/c1-7-12-47-17-15-44(20-34(47)21-46(22-34)32(49)50-33(3,4)5)14-16-45-13-11-27(31(48)43(6)28-10-8-9-26(36)29(28)45)42-30-24(19-40)25(35(37,38)39)18-23(2)41-30/h1,8-10,18,27H,11-17,20-22H2,2-6H3,(H,41,42)/t27-/m0/s1. The first kappa shape index (κ1) is 36.7. The molecule has 3 aliphatic rings. The first-order valence-electron chi connectivity index (χ1n) is 16.4. The van der Waals surface area contributed by atoms with Crippen LogP contribution >= 0.6 is 0 Å². The third-order valence-electron chi connectivity index (χ3n) is 9.30. The van der Waals surface area contributed by atoms with Crippen LogP contribution in [0.3, 0.4) is 0 Å². The average molecular weight is 699 g/mol. The second-order valence-corrected chi connectivity index (χ2v) is 14.1. The Morgan fingerprint density at radius 3 is 2.52 bits per heavy atom. The van der Waals surface area contributed by atoms with Crippen LogP contribution in [-0.4, -0.2) is 115 Å². The molecule has 0 aliphatic carbocycles. The SMILES string of the molecule is C#CCN1CCN(CCN2CC[C@H](Nc3nc(C)cc(C(F)(F)F)c3C#N)C(=O)N(C)c3cccc(F)c32)CC12CN(C(=O)OC(C)(C)C)C2. The largest absolute Gasteiger partial charge is 0.444 e. The van der Waals surface area contributed by atoms with Gasteiger partial charge in [-0.15, -0.1) is 6.42 Å². The van der Waals surface area contributed by atoms with Crippen molar-refractivity contribution < 1.29 is 31.9 Å². The summed E-state index contributed by atoms with van der Waals surface area (Å²) in [6.07, 6.45) is 0.592. The number of aromatic nitrogens is 1. The van der Waals surface area contributed by atoms with Crippen LogP contribution in [0.25, 0.3) is 0 Å². The number of likely N-dealkylation sites (tertiary alicyclic amines) is 1. The monoisotopic (exact) mass is 698 g/mol. The van der Waals surface area contributed by atoms with Crippen molar-refractivity contribution in [3.05, 3.63) is 46.9 Å². The van der Waals surface area contributed by atoms with E-state index in [2.05, 4.69) is 26.0 Å². The molecule has 2 amide bonds. The van der Waals surface area contributed by atoms with E-state index in [4.69, 9.17) is 11.2 Å². The molecule has 1 aromatic carbocycles. The van der Waals surface area contributed by atoms with Gasteiger partial charge in [-0.2, -0.15) is 18.4 Å². The topological polar surface area (TPSA) is 108 Å². The third kappa shape index (κ3) is 7.59. The Hall–Kier alpha value is -4.60. The van der Waals surface area contributed by atoms with Crippen molar-refractivity contribution in [2.24, 2.45) is 0 Å². The molecule has 268 valence electrons. The summed E-state index contributed by atoms with van der Waals surface area (Å²) in [7, 11) is 1.48. The Morgan fingerprint density at radius 1 is 1.16 bits per heavy atom. The first-order valence-corrected chi connectivity index (χ1v) is 16.4. The van der Waals surface area contributed by atoms with Crippen molar-refractivity contribution in [3.63, 3.8) is 0 Å². The van der Waals surface area contributed by atoms with Gasteiger partial charge in [-0.1, -0.05) is 12.0 Å². The molecule has 0 radical (unpaired) electrons. The van der Waals surface area contributed by atoms with Gasteiger partial charge in [-0.25, -0.2) is 14.2 Å². The number of nitrogens with zero attached hydrogens (tertiary/aromatic N) is 7. The van der Waals surface area contributed by atoms with Crippen molar-refractivity contribution in [2.45, 2.75) is 57.5 Å². The van der Waals surface area contributed by atoms with Crippen molar-refractivity contribution >= 4 is 29.2 Å². The number of aryl methyl sites for hydroxylation is 1. The summed E-state index contributed by atoms with van der Waals surface area (Å²) >= 11 is 0. The Kier molecular flexibility index (Phi) is 10.2. The molecule has 1 atom stereocenters. The minimum Gasteiger partial charge on any atom is -0.444 e. The number of benzene rings is 1. The summed E-state index contributed by atoms with van der Waals surface area (Å²) in [6.45, 7) is 11.2. The van der Waals surface area contributed by atoms with Gasteiger partial charge in [-0.3, -0.25) is 14.6 Å². The molecule has 0 saturated carbocycles. The second kappa shape index (κ2) is 14.0. The minimum atomic E-state index is -4.80. The number of terminal acetylenes is 1. The molecule has 2 fully saturated rings. The number of pyridine rings is 1. The molecule has 50 heavy (non-hydrogen) atoms. The van der Waals surface area contributed by atoms with E-state index >= 15 is 4.39 Å². The number of fused-ring (bicyclic) bond motifs is 1. The molecule has 0 unspecified atom stereocenters. The van der Waals surface area contributed by atoms with Crippen LogP contribution in [-0.2, 0) is 15.7 Å². The van der Waals surface area contributed by atoms with E-state index < -0.39 is 40.7 Å². The number of alkyl halides is 3. The predicted molar refractivity (Wildman–Crippen MR) is 180 cm³/mol. The minimum absolute atomic E-state index is 0.0281. The Bertz CT molecular complexity index is 1710. The molecule has 3 aliphatic heterocycles. The number of halogens is 4. The summed E-state index contributed by atoms with van der Waals surface area (Å²) in [5.74, 6) is 1.36. The van der Waals surface area contributed by atoms with E-state index in [9.17, 15) is 28.0 Å². The Morgan fingerprint density at radius 2 is 1.88 bits per heavy atom. The molecule has 2 aromatic rings. The van der Waals surface area contributed by atoms with Crippen LogP contribution in [0, 0.1) is 36.4 Å². The van der Waals surface area contributed by atoms with Crippen LogP contribution in [0.2, 0.25) is 0 Å². The zero-order chi connectivity index (χ0) is 36.6. The lowest BCUT2D eigenvalue weighted by atomic mass is 9.85. The number of carbonyl (C=O) groups excluding carboxylic acids is 2. The number of ether oxygens (including phenoxy) is 1. The highest BCUT2D eigenvalue weighted by atomic mass is 19.4. The number of carbonyl (C=O) groups is 2. The molecule has 2 saturated heterocycles. The summed E-state index contributed by atoms with van der Waals surface area (Å²) in [4.78, 5) is 39.9. The number of nitrogens with one attached hydrogen (secondary N) is 1. The fourth-order valence-electron chi connectivity index (χ4n) is 6.92. The van der Waals surface area contributed by atoms with Gasteiger partial charge < -0.3 is 24.8 Å². The highest BCUT2D eigenvalue weighted by Gasteiger charge is 2.52. The van der Waals surface area contributed by atoms with E-state index in [1.165, 1.54) is 31.0 Å². The zero-order valence-electron chi connectivity index (χ0n) is 28.9. The van der Waals surface area contributed by atoms with Gasteiger partial charge in [0.1, 0.15) is 34.9 Å². The molecule has 11 nitrogen and oxygen atoms in total. The van der Waals surface area contributed by atoms with Gasteiger partial charge in [-0.05, 0) is 52.3 Å². The Labute approximate surface area is 289 Å². The number of hydrogen-bond donors (Lipinski definition) is 1. The van der Waals surface area contributed by atoms with E-state index in [0.717, 1.165) is 6.07 Å². The van der Waals surface area contributed by atoms with Gasteiger partial charge in [0, 0.05) is 65.1 Å². The molecule has 5 rings (SSSR count). The molecule has 15 heteroatoms. The zero-order valence-corrected chi connectivity index (χ0v) is 28.9. The van der Waals surface area contributed by atoms with Gasteiger partial charge in [0.25, 0.3) is 0 Å². The summed E-state index contributed by atoms with van der Waals surface area (Å²) in [5, 5.41) is 12.5. The normalized spacial score (nSPS) is 19.9. The lowest BCUT2D eigenvalue weighted by Gasteiger charge is -2.59. The van der Waals surface area contributed by atoms with Crippen LogP contribution < -0.4 is 15.1 Å². The highest BCUT2D eigenvalue weighted by Crippen LogP contribution is 2.38. The number of amides is 2. The van der Waals surface area contributed by atoms with Crippen molar-refractivity contribution in [3.8, 4) is 18.4 Å². The number of hydrogen-bond acceptors (Lipinski definition) is 9. The third-order valence-corrected chi connectivity index (χ3v) is 9.30. The number of likely N-dealkylation sites (N-methyl/N-ethyl adjacent to an activating group) is 1. The van der Waals surface area contributed by atoms with Gasteiger partial charge in [0.05, 0.1) is 29.0 Å². The smallest absolute Gasteiger partial charge is 0.417 e. The van der Waals surface area contributed by atoms with Crippen LogP contribution in [0.1, 0.15) is 44.0 Å². The highest BCUT2D eigenvalue weighted by molar-refractivity contribution is 6.01. The van der Waals surface area contributed by atoms with Gasteiger partial charge >= 0.3 is 12.3 Å².